The van der Waals surface area contributed by atoms with Crippen LogP contribution in [0.3, 0.4) is 0 Å². The number of hydrogen-bond acceptors (Lipinski definition) is 3. The van der Waals surface area contributed by atoms with Gasteiger partial charge in [0, 0.05) is 12.6 Å². The van der Waals surface area contributed by atoms with Gasteiger partial charge >= 0.3 is 15.5 Å². The van der Waals surface area contributed by atoms with Crippen molar-refractivity contribution in [3.63, 3.8) is 0 Å². The quantitative estimate of drug-likeness (QED) is 0.917. The highest BCUT2D eigenvalue weighted by molar-refractivity contribution is 7.93. The number of alkyl halides is 3. The fourth-order valence-electron chi connectivity index (χ4n) is 1.15. The minimum Gasteiger partial charge on any atom is -0.366 e. The van der Waals surface area contributed by atoms with Gasteiger partial charge in [-0.25, -0.2) is 0 Å². The molecule has 5 nitrogen and oxygen atoms in total. The van der Waals surface area contributed by atoms with Gasteiger partial charge in [0.2, 0.25) is 5.91 Å². The van der Waals surface area contributed by atoms with Crippen molar-refractivity contribution < 1.29 is 26.4 Å². The largest absolute Gasteiger partial charge is 0.516 e. The third-order valence-electron chi connectivity index (χ3n) is 2.15. The predicted molar refractivity (Wildman–Crippen MR) is 65.6 cm³/mol. The van der Waals surface area contributed by atoms with E-state index in [-0.39, 0.29) is 28.0 Å². The number of carbonyl (C=O) groups is 1. The normalized spacial score (nSPS) is 11.6. The second kappa shape index (κ2) is 5.66. The molecule has 0 aromatic heterocycles. The Balaban J connectivity index is 0.00000324. The SMILES string of the molecule is CN(c1cccc(C(N)=O)c1)S(=O)(=O)C(F)(F)F.Cl. The van der Waals surface area contributed by atoms with Gasteiger partial charge in [-0.05, 0) is 18.2 Å². The number of carbonyl (C=O) groups excluding carboxylic acids is 1. The van der Waals surface area contributed by atoms with Crippen LogP contribution in [-0.4, -0.2) is 26.9 Å². The van der Waals surface area contributed by atoms with Crippen molar-refractivity contribution in [2.45, 2.75) is 5.51 Å². The lowest BCUT2D eigenvalue weighted by atomic mass is 10.2. The second-order valence-corrected chi connectivity index (χ2v) is 5.29. The van der Waals surface area contributed by atoms with E-state index in [1.54, 1.807) is 0 Å². The van der Waals surface area contributed by atoms with E-state index in [9.17, 15) is 26.4 Å². The number of anilines is 1. The summed E-state index contributed by atoms with van der Waals surface area (Å²) < 4.78 is 59.2. The Hall–Kier alpha value is -1.48. The summed E-state index contributed by atoms with van der Waals surface area (Å²) in [5, 5.41) is 0. The number of rotatable bonds is 3. The summed E-state index contributed by atoms with van der Waals surface area (Å²) in [4.78, 5) is 10.9. The van der Waals surface area contributed by atoms with Crippen molar-refractivity contribution in [1.29, 1.82) is 0 Å². The van der Waals surface area contributed by atoms with E-state index < -0.39 is 21.4 Å². The highest BCUT2D eigenvalue weighted by Gasteiger charge is 2.49. The summed E-state index contributed by atoms with van der Waals surface area (Å²) in [7, 11) is -4.75. The monoisotopic (exact) mass is 318 g/mol. The molecule has 0 fully saturated rings. The van der Waals surface area contributed by atoms with E-state index in [1.165, 1.54) is 12.1 Å². The van der Waals surface area contributed by atoms with Crippen LogP contribution in [0.25, 0.3) is 0 Å². The molecule has 0 atom stereocenters. The van der Waals surface area contributed by atoms with Crippen molar-refractivity contribution in [2.75, 3.05) is 11.4 Å². The number of sulfonamides is 1. The topological polar surface area (TPSA) is 80.5 Å². The lowest BCUT2D eigenvalue weighted by Crippen LogP contribution is -2.38. The van der Waals surface area contributed by atoms with E-state index in [1.807, 2.05) is 0 Å². The first-order chi connectivity index (χ1) is 8.07. The Morgan fingerprint density at radius 3 is 2.26 bits per heavy atom. The maximum Gasteiger partial charge on any atom is 0.516 e. The minimum absolute atomic E-state index is 0. The fraction of sp³-hybridized carbons (Fsp3) is 0.222. The third-order valence-corrected chi connectivity index (χ3v) is 3.66. The molecule has 108 valence electrons. The number of benzene rings is 1. The highest BCUT2D eigenvalue weighted by Crippen LogP contribution is 2.29. The molecule has 1 amide bonds. The second-order valence-electron chi connectivity index (χ2n) is 3.33. The molecule has 2 N–H and O–H groups in total. The maximum absolute atomic E-state index is 12.3. The first kappa shape index (κ1) is 17.5. The third kappa shape index (κ3) is 3.51. The molecule has 0 spiro atoms. The molecular weight excluding hydrogens is 309 g/mol. The zero-order chi connectivity index (χ0) is 14.1. The molecule has 0 unspecified atom stereocenters. The van der Waals surface area contributed by atoms with E-state index in [4.69, 9.17) is 5.73 Å². The summed E-state index contributed by atoms with van der Waals surface area (Å²) in [6.07, 6.45) is 0. The smallest absolute Gasteiger partial charge is 0.366 e. The number of nitrogens with two attached hydrogens (primary N) is 1. The zero-order valence-corrected chi connectivity index (χ0v) is 11.1. The number of nitrogens with zero attached hydrogens (tertiary/aromatic N) is 1. The van der Waals surface area contributed by atoms with Crippen LogP contribution in [0.15, 0.2) is 24.3 Å². The molecule has 0 saturated heterocycles. The Morgan fingerprint density at radius 2 is 1.84 bits per heavy atom. The molecule has 0 saturated carbocycles. The van der Waals surface area contributed by atoms with Crippen molar-refractivity contribution in [3.05, 3.63) is 29.8 Å². The molecule has 1 rings (SSSR count). The maximum atomic E-state index is 12.3. The van der Waals surface area contributed by atoms with Crippen molar-refractivity contribution in [1.82, 2.24) is 0 Å². The lowest BCUT2D eigenvalue weighted by Gasteiger charge is -2.21. The van der Waals surface area contributed by atoms with Crippen molar-refractivity contribution in [3.8, 4) is 0 Å². The van der Waals surface area contributed by atoms with Crippen LogP contribution in [0.1, 0.15) is 10.4 Å². The lowest BCUT2D eigenvalue weighted by molar-refractivity contribution is -0.0437. The summed E-state index contributed by atoms with van der Waals surface area (Å²) in [5.41, 5.74) is -0.852. The van der Waals surface area contributed by atoms with Crippen molar-refractivity contribution in [2.24, 2.45) is 5.73 Å². The van der Waals surface area contributed by atoms with Crippen LogP contribution in [0.5, 0.6) is 0 Å². The van der Waals surface area contributed by atoms with Crippen LogP contribution in [0.2, 0.25) is 0 Å². The molecule has 10 heteroatoms. The van der Waals surface area contributed by atoms with Crippen LogP contribution >= 0.6 is 12.4 Å². The van der Waals surface area contributed by atoms with Gasteiger partial charge < -0.3 is 5.73 Å². The number of hydrogen-bond donors (Lipinski definition) is 1. The van der Waals surface area contributed by atoms with Crippen molar-refractivity contribution >= 4 is 34.0 Å². The summed E-state index contributed by atoms with van der Waals surface area (Å²) in [6, 6.07) is 4.58. The summed E-state index contributed by atoms with van der Waals surface area (Å²) >= 11 is 0. The molecule has 19 heavy (non-hydrogen) atoms. The molecule has 1 aromatic carbocycles. The van der Waals surface area contributed by atoms with Gasteiger partial charge in [0.25, 0.3) is 0 Å². The van der Waals surface area contributed by atoms with Crippen LogP contribution in [0, 0.1) is 0 Å². The average molecular weight is 319 g/mol. The molecule has 0 bridgehead atoms. The molecular formula is C9H10ClF3N2O3S. The first-order valence-electron chi connectivity index (χ1n) is 4.52. The van der Waals surface area contributed by atoms with E-state index in [2.05, 4.69) is 0 Å². The minimum atomic E-state index is -5.49. The number of halogens is 4. The molecule has 0 heterocycles. The van der Waals surface area contributed by atoms with Crippen LogP contribution < -0.4 is 10.0 Å². The number of amides is 1. The van der Waals surface area contributed by atoms with Gasteiger partial charge in [-0.3, -0.25) is 9.10 Å². The summed E-state index contributed by atoms with van der Waals surface area (Å²) in [5.74, 6) is -0.866. The van der Waals surface area contributed by atoms with Gasteiger partial charge in [-0.1, -0.05) is 6.07 Å². The molecule has 1 aromatic rings. The van der Waals surface area contributed by atoms with Crippen LogP contribution in [-0.2, 0) is 10.0 Å². The Labute approximate surface area is 113 Å². The standard InChI is InChI=1S/C9H9F3N2O3S.ClH/c1-14(18(16,17)9(10,11)12)7-4-2-3-6(5-7)8(13)15;/h2-5H,1H3,(H2,13,15);1H. The van der Waals surface area contributed by atoms with Gasteiger partial charge in [0.1, 0.15) is 0 Å². The molecule has 0 aliphatic heterocycles. The molecule has 0 aliphatic rings. The zero-order valence-electron chi connectivity index (χ0n) is 9.51. The van der Waals surface area contributed by atoms with Crippen LogP contribution in [0.4, 0.5) is 18.9 Å². The summed E-state index contributed by atoms with van der Waals surface area (Å²) in [6.45, 7) is 0. The Morgan fingerprint density at radius 1 is 1.32 bits per heavy atom. The Kier molecular flexibility index (Phi) is 5.22. The predicted octanol–water partition coefficient (Wildman–Crippen LogP) is 1.49. The van der Waals surface area contributed by atoms with E-state index >= 15 is 0 Å². The van der Waals surface area contributed by atoms with Gasteiger partial charge in [0.05, 0.1) is 5.69 Å². The first-order valence-corrected chi connectivity index (χ1v) is 5.96. The highest BCUT2D eigenvalue weighted by atomic mass is 35.5. The van der Waals surface area contributed by atoms with E-state index in [0.717, 1.165) is 19.2 Å². The van der Waals surface area contributed by atoms with E-state index in [0.29, 0.717) is 0 Å². The van der Waals surface area contributed by atoms with Gasteiger partial charge in [0.15, 0.2) is 0 Å². The fourth-order valence-corrected chi connectivity index (χ4v) is 1.85. The average Bonchev–Trinajstić information content (AvgIpc) is 2.26. The Bertz CT molecular complexity index is 574. The molecule has 0 radical (unpaired) electrons. The van der Waals surface area contributed by atoms with Gasteiger partial charge in [-0.15, -0.1) is 12.4 Å². The van der Waals surface area contributed by atoms with Gasteiger partial charge in [-0.2, -0.15) is 21.6 Å². The molecule has 0 aliphatic carbocycles. The number of primary amides is 1.